The Kier molecular flexibility index (Phi) is 3.10. The summed E-state index contributed by atoms with van der Waals surface area (Å²) < 4.78 is 14.1. The molecule has 1 aliphatic carbocycles. The molecule has 1 aromatic rings. The zero-order valence-electron chi connectivity index (χ0n) is 9.63. The van der Waals surface area contributed by atoms with E-state index in [4.69, 9.17) is 5.73 Å². The monoisotopic (exact) mass is 285 g/mol. The lowest BCUT2D eigenvalue weighted by molar-refractivity contribution is 0.372. The third-order valence-corrected chi connectivity index (χ3v) is 4.35. The van der Waals surface area contributed by atoms with Crippen molar-refractivity contribution in [3.8, 4) is 0 Å². The highest BCUT2D eigenvalue weighted by Gasteiger charge is 2.47. The van der Waals surface area contributed by atoms with Gasteiger partial charge in [0.1, 0.15) is 6.17 Å². The van der Waals surface area contributed by atoms with Gasteiger partial charge in [0.25, 0.3) is 0 Å². The highest BCUT2D eigenvalue weighted by atomic mass is 79.9. The van der Waals surface area contributed by atoms with Gasteiger partial charge in [0, 0.05) is 15.9 Å². The predicted molar refractivity (Wildman–Crippen MR) is 68.2 cm³/mol. The van der Waals surface area contributed by atoms with E-state index < -0.39 is 6.17 Å². The minimum absolute atomic E-state index is 0.139. The average molecular weight is 286 g/mol. The Morgan fingerprint density at radius 1 is 1.38 bits per heavy atom. The highest BCUT2D eigenvalue weighted by Crippen LogP contribution is 2.51. The van der Waals surface area contributed by atoms with Gasteiger partial charge in [-0.2, -0.15) is 0 Å². The summed E-state index contributed by atoms with van der Waals surface area (Å²) in [6.07, 6.45) is 1.34. The lowest BCUT2D eigenvalue weighted by Gasteiger charge is -2.21. The molecule has 2 rings (SSSR count). The van der Waals surface area contributed by atoms with Crippen LogP contribution >= 0.6 is 15.9 Å². The maximum Gasteiger partial charge on any atom is 0.123 e. The number of hydrogen-bond donors (Lipinski definition) is 1. The van der Waals surface area contributed by atoms with Crippen LogP contribution in [-0.4, -0.2) is 6.04 Å². The molecule has 1 saturated carbocycles. The van der Waals surface area contributed by atoms with Crippen molar-refractivity contribution < 1.29 is 4.39 Å². The number of nitrogens with two attached hydrogens (primary N) is 1. The second kappa shape index (κ2) is 4.11. The van der Waals surface area contributed by atoms with Crippen molar-refractivity contribution in [2.24, 2.45) is 5.73 Å². The molecule has 0 radical (unpaired) electrons. The largest absolute Gasteiger partial charge is 0.327 e. The predicted octanol–water partition coefficient (Wildman–Crippen LogP) is 3.86. The highest BCUT2D eigenvalue weighted by molar-refractivity contribution is 9.10. The molecule has 1 nitrogen and oxygen atoms in total. The van der Waals surface area contributed by atoms with E-state index in [9.17, 15) is 4.39 Å². The summed E-state index contributed by atoms with van der Waals surface area (Å²) in [4.78, 5) is 0. The Morgan fingerprint density at radius 2 is 2.00 bits per heavy atom. The Balaban J connectivity index is 2.35. The molecule has 1 aliphatic rings. The zero-order valence-corrected chi connectivity index (χ0v) is 11.2. The number of hydrogen-bond acceptors (Lipinski definition) is 1. The van der Waals surface area contributed by atoms with Gasteiger partial charge in [-0.15, -0.1) is 0 Å². The van der Waals surface area contributed by atoms with Crippen molar-refractivity contribution in [1.82, 2.24) is 0 Å². The van der Waals surface area contributed by atoms with Crippen LogP contribution in [0.4, 0.5) is 4.39 Å². The maximum absolute atomic E-state index is 13.2. The number of benzene rings is 1. The van der Waals surface area contributed by atoms with Gasteiger partial charge in [-0.1, -0.05) is 28.1 Å². The maximum atomic E-state index is 13.2. The molecule has 0 spiro atoms. The van der Waals surface area contributed by atoms with E-state index in [0.29, 0.717) is 5.56 Å². The van der Waals surface area contributed by atoms with Gasteiger partial charge in [0.2, 0.25) is 0 Å². The third kappa shape index (κ3) is 1.91. The number of halogens is 2. The van der Waals surface area contributed by atoms with Crippen LogP contribution in [0, 0.1) is 0 Å². The second-order valence-electron chi connectivity index (χ2n) is 4.80. The van der Waals surface area contributed by atoms with Crippen LogP contribution in [0.15, 0.2) is 22.7 Å². The van der Waals surface area contributed by atoms with Gasteiger partial charge < -0.3 is 5.73 Å². The Bertz CT molecular complexity index is 397. The quantitative estimate of drug-likeness (QED) is 0.897. The standard InChI is InChI=1S/C13H17BrFN/c1-8(15)11-4-3-10(7-12(11)14)13(5-6-13)9(2)16/h3-4,7-9H,5-6,16H2,1-2H3. The topological polar surface area (TPSA) is 26.0 Å². The van der Waals surface area contributed by atoms with Crippen molar-refractivity contribution in [2.75, 3.05) is 0 Å². The summed E-state index contributed by atoms with van der Waals surface area (Å²) in [6.45, 7) is 3.60. The van der Waals surface area contributed by atoms with Crippen molar-refractivity contribution in [3.05, 3.63) is 33.8 Å². The first-order chi connectivity index (χ1) is 7.47. The van der Waals surface area contributed by atoms with Gasteiger partial charge in [0.05, 0.1) is 0 Å². The van der Waals surface area contributed by atoms with Gasteiger partial charge >= 0.3 is 0 Å². The molecule has 3 heteroatoms. The van der Waals surface area contributed by atoms with Crippen molar-refractivity contribution >= 4 is 15.9 Å². The molecule has 0 saturated heterocycles. The fourth-order valence-corrected chi connectivity index (χ4v) is 3.00. The Morgan fingerprint density at radius 3 is 2.38 bits per heavy atom. The molecule has 0 heterocycles. The first kappa shape index (κ1) is 12.1. The summed E-state index contributed by atoms with van der Waals surface area (Å²) >= 11 is 3.44. The Labute approximate surface area is 104 Å². The fourth-order valence-electron chi connectivity index (χ4n) is 2.30. The van der Waals surface area contributed by atoms with Crippen LogP contribution in [0.25, 0.3) is 0 Å². The van der Waals surface area contributed by atoms with E-state index in [1.807, 2.05) is 25.1 Å². The summed E-state index contributed by atoms with van der Waals surface area (Å²) in [5, 5.41) is 0. The SMILES string of the molecule is CC(F)c1ccc(C2(C(C)N)CC2)cc1Br. The lowest BCUT2D eigenvalue weighted by atomic mass is 9.89. The molecule has 88 valence electrons. The first-order valence-electron chi connectivity index (χ1n) is 5.67. The van der Waals surface area contributed by atoms with E-state index in [1.165, 1.54) is 5.56 Å². The molecule has 0 bridgehead atoms. The van der Waals surface area contributed by atoms with Crippen LogP contribution < -0.4 is 5.73 Å². The van der Waals surface area contributed by atoms with E-state index in [0.717, 1.165) is 17.3 Å². The van der Waals surface area contributed by atoms with E-state index in [-0.39, 0.29) is 11.5 Å². The van der Waals surface area contributed by atoms with E-state index >= 15 is 0 Å². The average Bonchev–Trinajstić information content (AvgIpc) is 2.97. The normalized spacial score (nSPS) is 21.6. The molecule has 2 unspecified atom stereocenters. The van der Waals surface area contributed by atoms with Crippen molar-refractivity contribution in [3.63, 3.8) is 0 Å². The van der Waals surface area contributed by atoms with Crippen LogP contribution in [0.1, 0.15) is 44.0 Å². The minimum Gasteiger partial charge on any atom is -0.327 e. The number of rotatable bonds is 3. The van der Waals surface area contributed by atoms with Gasteiger partial charge in [-0.25, -0.2) is 4.39 Å². The fraction of sp³-hybridized carbons (Fsp3) is 0.538. The van der Waals surface area contributed by atoms with E-state index in [1.54, 1.807) is 6.92 Å². The third-order valence-electron chi connectivity index (χ3n) is 3.66. The van der Waals surface area contributed by atoms with Crippen molar-refractivity contribution in [2.45, 2.75) is 44.3 Å². The van der Waals surface area contributed by atoms with Crippen LogP contribution in [-0.2, 0) is 5.41 Å². The Hall–Kier alpha value is -0.410. The van der Waals surface area contributed by atoms with Crippen molar-refractivity contribution in [1.29, 1.82) is 0 Å². The van der Waals surface area contributed by atoms with Crippen LogP contribution in [0.2, 0.25) is 0 Å². The van der Waals surface area contributed by atoms with Crippen LogP contribution in [0.5, 0.6) is 0 Å². The van der Waals surface area contributed by atoms with E-state index in [2.05, 4.69) is 15.9 Å². The molecule has 2 N–H and O–H groups in total. The second-order valence-corrected chi connectivity index (χ2v) is 5.65. The molecule has 1 fully saturated rings. The van der Waals surface area contributed by atoms with Gasteiger partial charge in [-0.3, -0.25) is 0 Å². The first-order valence-corrected chi connectivity index (χ1v) is 6.46. The van der Waals surface area contributed by atoms with Gasteiger partial charge in [-0.05, 0) is 43.9 Å². The summed E-state index contributed by atoms with van der Waals surface area (Å²) in [7, 11) is 0. The molecular formula is C13H17BrFN. The molecule has 0 aromatic heterocycles. The summed E-state index contributed by atoms with van der Waals surface area (Å²) in [5.74, 6) is 0. The summed E-state index contributed by atoms with van der Waals surface area (Å²) in [5.41, 5.74) is 8.11. The summed E-state index contributed by atoms with van der Waals surface area (Å²) in [6, 6.07) is 6.08. The minimum atomic E-state index is -0.936. The van der Waals surface area contributed by atoms with Crippen LogP contribution in [0.3, 0.4) is 0 Å². The zero-order chi connectivity index (χ0) is 11.9. The molecule has 1 aromatic carbocycles. The molecule has 2 atom stereocenters. The molecular weight excluding hydrogens is 269 g/mol. The van der Waals surface area contributed by atoms with Gasteiger partial charge in [0.15, 0.2) is 0 Å². The number of alkyl halides is 1. The lowest BCUT2D eigenvalue weighted by Crippen LogP contribution is -2.31. The molecule has 16 heavy (non-hydrogen) atoms. The molecule has 0 aliphatic heterocycles. The smallest absolute Gasteiger partial charge is 0.123 e. The molecule has 0 amide bonds.